The Hall–Kier alpha value is -2.26. The zero-order chi connectivity index (χ0) is 14.5. The number of rotatable bonds is 5. The molecule has 0 fully saturated rings. The first-order chi connectivity index (χ1) is 10.4. The number of para-hydroxylation sites is 1. The quantitative estimate of drug-likeness (QED) is 0.775. The average Bonchev–Trinajstić information content (AvgIpc) is 2.55. The first-order valence-electron chi connectivity index (χ1n) is 7.36. The normalized spacial score (nSPS) is 12.4. The number of aromatic nitrogens is 2. The van der Waals surface area contributed by atoms with Crippen molar-refractivity contribution in [3.05, 3.63) is 72.2 Å². The fraction of sp³-hybridized carbons (Fsp3) is 0.222. The van der Waals surface area contributed by atoms with Gasteiger partial charge in [0, 0.05) is 23.7 Å². The van der Waals surface area contributed by atoms with Crippen LogP contribution in [0.1, 0.15) is 24.4 Å². The molecule has 1 unspecified atom stereocenters. The second-order valence-electron chi connectivity index (χ2n) is 5.06. The predicted molar refractivity (Wildman–Crippen MR) is 86.1 cm³/mol. The van der Waals surface area contributed by atoms with Crippen LogP contribution < -0.4 is 5.32 Å². The van der Waals surface area contributed by atoms with Crippen molar-refractivity contribution in [2.75, 3.05) is 6.54 Å². The Morgan fingerprint density at radius 3 is 2.67 bits per heavy atom. The summed E-state index contributed by atoms with van der Waals surface area (Å²) in [5.74, 6) is 0. The van der Waals surface area contributed by atoms with Gasteiger partial charge in [0.2, 0.25) is 0 Å². The molecule has 3 aromatic rings. The number of benzene rings is 1. The van der Waals surface area contributed by atoms with Gasteiger partial charge < -0.3 is 5.32 Å². The van der Waals surface area contributed by atoms with E-state index in [1.165, 1.54) is 5.39 Å². The number of hydrogen-bond donors (Lipinski definition) is 1. The summed E-state index contributed by atoms with van der Waals surface area (Å²) in [5.41, 5.74) is 3.19. The standard InChI is InChI=1S/C18H19N3/c1-2-19-18(13-15-8-5-6-12-20-15)17-11-10-14-7-3-4-9-16(14)21-17/h3-12,18-19H,2,13H2,1H3. The molecule has 0 amide bonds. The minimum absolute atomic E-state index is 0.189. The van der Waals surface area contributed by atoms with Crippen LogP contribution in [0.2, 0.25) is 0 Å². The van der Waals surface area contributed by atoms with E-state index in [-0.39, 0.29) is 6.04 Å². The molecule has 0 aliphatic rings. The van der Waals surface area contributed by atoms with Crippen LogP contribution in [0.15, 0.2) is 60.8 Å². The van der Waals surface area contributed by atoms with Crippen LogP contribution in [-0.4, -0.2) is 16.5 Å². The third-order valence-corrected chi connectivity index (χ3v) is 3.57. The summed E-state index contributed by atoms with van der Waals surface area (Å²) in [5, 5.41) is 4.68. The van der Waals surface area contributed by atoms with Crippen molar-refractivity contribution >= 4 is 10.9 Å². The van der Waals surface area contributed by atoms with Crippen molar-refractivity contribution < 1.29 is 0 Å². The summed E-state index contributed by atoms with van der Waals surface area (Å²) < 4.78 is 0. The Morgan fingerprint density at radius 2 is 1.86 bits per heavy atom. The molecule has 1 N–H and O–H groups in total. The first-order valence-corrected chi connectivity index (χ1v) is 7.36. The van der Waals surface area contributed by atoms with Crippen LogP contribution in [-0.2, 0) is 6.42 Å². The van der Waals surface area contributed by atoms with Crippen LogP contribution in [0.25, 0.3) is 10.9 Å². The summed E-state index contributed by atoms with van der Waals surface area (Å²) >= 11 is 0. The van der Waals surface area contributed by atoms with E-state index < -0.39 is 0 Å². The van der Waals surface area contributed by atoms with Crippen molar-refractivity contribution in [3.8, 4) is 0 Å². The number of nitrogens with zero attached hydrogens (tertiary/aromatic N) is 2. The van der Waals surface area contributed by atoms with Crippen molar-refractivity contribution in [1.82, 2.24) is 15.3 Å². The number of nitrogens with one attached hydrogen (secondary N) is 1. The lowest BCUT2D eigenvalue weighted by molar-refractivity contribution is 0.533. The van der Waals surface area contributed by atoms with Crippen LogP contribution in [0.4, 0.5) is 0 Å². The van der Waals surface area contributed by atoms with Gasteiger partial charge in [0.25, 0.3) is 0 Å². The van der Waals surface area contributed by atoms with Gasteiger partial charge in [0.1, 0.15) is 0 Å². The third kappa shape index (κ3) is 3.26. The lowest BCUT2D eigenvalue weighted by Gasteiger charge is -2.17. The molecule has 0 saturated heterocycles. The molecule has 0 aliphatic heterocycles. The van der Waals surface area contributed by atoms with Gasteiger partial charge in [-0.2, -0.15) is 0 Å². The van der Waals surface area contributed by atoms with Crippen LogP contribution in [0.5, 0.6) is 0 Å². The van der Waals surface area contributed by atoms with E-state index in [4.69, 9.17) is 4.98 Å². The molecule has 2 aromatic heterocycles. The molecular formula is C18H19N3. The van der Waals surface area contributed by atoms with Crippen LogP contribution in [0.3, 0.4) is 0 Å². The number of likely N-dealkylation sites (N-methyl/N-ethyl adjacent to an activating group) is 1. The Labute approximate surface area is 125 Å². The van der Waals surface area contributed by atoms with Gasteiger partial charge >= 0.3 is 0 Å². The van der Waals surface area contributed by atoms with E-state index in [0.717, 1.165) is 29.9 Å². The van der Waals surface area contributed by atoms with E-state index >= 15 is 0 Å². The molecule has 21 heavy (non-hydrogen) atoms. The zero-order valence-electron chi connectivity index (χ0n) is 12.2. The molecule has 3 heteroatoms. The van der Waals surface area contributed by atoms with Gasteiger partial charge in [-0.15, -0.1) is 0 Å². The summed E-state index contributed by atoms with van der Waals surface area (Å²) in [6.07, 6.45) is 2.69. The molecule has 3 nitrogen and oxygen atoms in total. The number of hydrogen-bond acceptors (Lipinski definition) is 3. The monoisotopic (exact) mass is 277 g/mol. The second-order valence-corrected chi connectivity index (χ2v) is 5.06. The van der Waals surface area contributed by atoms with Gasteiger partial charge in [0.05, 0.1) is 17.3 Å². The topological polar surface area (TPSA) is 37.8 Å². The largest absolute Gasteiger partial charge is 0.309 e. The van der Waals surface area contributed by atoms with Crippen molar-refractivity contribution in [3.63, 3.8) is 0 Å². The third-order valence-electron chi connectivity index (χ3n) is 3.57. The van der Waals surface area contributed by atoms with E-state index in [9.17, 15) is 0 Å². The van der Waals surface area contributed by atoms with Gasteiger partial charge in [-0.05, 0) is 30.8 Å². The Bertz CT molecular complexity index is 710. The van der Waals surface area contributed by atoms with Gasteiger partial charge in [-0.25, -0.2) is 0 Å². The maximum absolute atomic E-state index is 4.80. The minimum Gasteiger partial charge on any atom is -0.309 e. The van der Waals surface area contributed by atoms with Gasteiger partial charge in [-0.3, -0.25) is 9.97 Å². The lowest BCUT2D eigenvalue weighted by atomic mass is 10.1. The van der Waals surface area contributed by atoms with E-state index in [2.05, 4.69) is 47.6 Å². The Balaban J connectivity index is 1.91. The van der Waals surface area contributed by atoms with Gasteiger partial charge in [-0.1, -0.05) is 37.3 Å². The first kappa shape index (κ1) is 13.7. The van der Waals surface area contributed by atoms with Crippen molar-refractivity contribution in [2.24, 2.45) is 0 Å². The highest BCUT2D eigenvalue weighted by Gasteiger charge is 2.13. The lowest BCUT2D eigenvalue weighted by Crippen LogP contribution is -2.24. The zero-order valence-corrected chi connectivity index (χ0v) is 12.2. The molecule has 0 aliphatic carbocycles. The molecule has 2 heterocycles. The summed E-state index contributed by atoms with van der Waals surface area (Å²) in [4.78, 5) is 9.22. The summed E-state index contributed by atoms with van der Waals surface area (Å²) in [6.45, 7) is 3.03. The molecule has 3 rings (SSSR count). The molecule has 0 bridgehead atoms. The molecule has 0 radical (unpaired) electrons. The minimum atomic E-state index is 0.189. The number of fused-ring (bicyclic) bond motifs is 1. The SMILES string of the molecule is CCNC(Cc1ccccn1)c1ccc2ccccc2n1. The highest BCUT2D eigenvalue weighted by Crippen LogP contribution is 2.19. The van der Waals surface area contributed by atoms with E-state index in [0.29, 0.717) is 0 Å². The molecule has 0 saturated carbocycles. The van der Waals surface area contributed by atoms with E-state index in [1.54, 1.807) is 0 Å². The smallest absolute Gasteiger partial charge is 0.0706 e. The second kappa shape index (κ2) is 6.46. The Kier molecular flexibility index (Phi) is 4.22. The predicted octanol–water partition coefficient (Wildman–Crippen LogP) is 3.52. The maximum Gasteiger partial charge on any atom is 0.0706 e. The summed E-state index contributed by atoms with van der Waals surface area (Å²) in [7, 11) is 0. The molecule has 106 valence electrons. The van der Waals surface area contributed by atoms with Crippen LogP contribution in [0, 0.1) is 0 Å². The average molecular weight is 277 g/mol. The van der Waals surface area contributed by atoms with E-state index in [1.807, 2.05) is 30.5 Å². The number of pyridine rings is 2. The molecule has 1 aromatic carbocycles. The van der Waals surface area contributed by atoms with Crippen molar-refractivity contribution in [2.45, 2.75) is 19.4 Å². The van der Waals surface area contributed by atoms with Crippen LogP contribution >= 0.6 is 0 Å². The Morgan fingerprint density at radius 1 is 1.00 bits per heavy atom. The summed E-state index contributed by atoms with van der Waals surface area (Å²) in [6, 6.07) is 18.7. The molecule has 1 atom stereocenters. The molecular weight excluding hydrogens is 258 g/mol. The fourth-order valence-electron chi connectivity index (χ4n) is 2.53. The highest BCUT2D eigenvalue weighted by molar-refractivity contribution is 5.78. The molecule has 0 spiro atoms. The van der Waals surface area contributed by atoms with Crippen molar-refractivity contribution in [1.29, 1.82) is 0 Å². The maximum atomic E-state index is 4.80. The van der Waals surface area contributed by atoms with Gasteiger partial charge in [0.15, 0.2) is 0 Å². The fourth-order valence-corrected chi connectivity index (χ4v) is 2.53. The highest BCUT2D eigenvalue weighted by atomic mass is 14.9.